The molecule has 3 heteroatoms. The third kappa shape index (κ3) is 3.45. The summed E-state index contributed by atoms with van der Waals surface area (Å²) in [5.74, 6) is 0.223. The topological polar surface area (TPSA) is 46.3 Å². The molecule has 120 valence electrons. The number of nitrogens with two attached hydrogens (primary N) is 1. The molecule has 0 aromatic heterocycles. The molecule has 0 radical (unpaired) electrons. The van der Waals surface area contributed by atoms with Crippen LogP contribution in [0.4, 0.5) is 5.69 Å². The fourth-order valence-electron chi connectivity index (χ4n) is 3.35. The molecule has 23 heavy (non-hydrogen) atoms. The molecule has 0 aliphatic carbocycles. The summed E-state index contributed by atoms with van der Waals surface area (Å²) < 4.78 is 0. The number of fused-ring (bicyclic) bond motifs is 1. The largest absolute Gasteiger partial charge is 0.330 e. The van der Waals surface area contributed by atoms with Gasteiger partial charge in [0.1, 0.15) is 0 Å². The minimum Gasteiger partial charge on any atom is -0.330 e. The van der Waals surface area contributed by atoms with Crippen LogP contribution >= 0.6 is 0 Å². The van der Waals surface area contributed by atoms with Crippen molar-refractivity contribution < 1.29 is 4.79 Å². The second kappa shape index (κ2) is 7.42. The summed E-state index contributed by atoms with van der Waals surface area (Å²) in [6, 6.07) is 18.7. The van der Waals surface area contributed by atoms with Crippen molar-refractivity contribution in [3.63, 3.8) is 0 Å². The van der Waals surface area contributed by atoms with Crippen molar-refractivity contribution in [2.75, 3.05) is 11.4 Å². The van der Waals surface area contributed by atoms with E-state index in [4.69, 9.17) is 5.73 Å². The van der Waals surface area contributed by atoms with Crippen molar-refractivity contribution in [1.29, 1.82) is 0 Å². The zero-order valence-corrected chi connectivity index (χ0v) is 13.4. The molecule has 1 amide bonds. The molecule has 0 bridgehead atoms. The number of para-hydroxylation sites is 1. The first kappa shape index (κ1) is 15.8. The highest BCUT2D eigenvalue weighted by Gasteiger charge is 2.33. The second-order valence-electron chi connectivity index (χ2n) is 6.12. The Kier molecular flexibility index (Phi) is 5.09. The van der Waals surface area contributed by atoms with Gasteiger partial charge in [-0.05, 0) is 43.0 Å². The maximum absolute atomic E-state index is 12.8. The molecular weight excluding hydrogens is 284 g/mol. The number of anilines is 1. The van der Waals surface area contributed by atoms with Crippen molar-refractivity contribution in [2.24, 2.45) is 5.73 Å². The van der Waals surface area contributed by atoms with Crippen LogP contribution in [0.25, 0.3) is 0 Å². The van der Waals surface area contributed by atoms with Gasteiger partial charge < -0.3 is 10.6 Å². The average molecular weight is 308 g/mol. The molecule has 3 rings (SSSR count). The zero-order valence-electron chi connectivity index (χ0n) is 13.4. The molecule has 1 aliphatic rings. The number of rotatable bonds is 6. The molecule has 0 saturated carbocycles. The first-order valence-electron chi connectivity index (χ1n) is 8.46. The van der Waals surface area contributed by atoms with E-state index < -0.39 is 0 Å². The maximum atomic E-state index is 12.8. The van der Waals surface area contributed by atoms with Gasteiger partial charge >= 0.3 is 0 Å². The van der Waals surface area contributed by atoms with Crippen LogP contribution in [0.3, 0.4) is 0 Å². The van der Waals surface area contributed by atoms with E-state index >= 15 is 0 Å². The normalized spacial score (nSPS) is 16.4. The molecule has 1 unspecified atom stereocenters. The van der Waals surface area contributed by atoms with Crippen molar-refractivity contribution in [3.8, 4) is 0 Å². The van der Waals surface area contributed by atoms with Gasteiger partial charge in [-0.2, -0.15) is 0 Å². The van der Waals surface area contributed by atoms with E-state index in [0.717, 1.165) is 31.4 Å². The highest BCUT2D eigenvalue weighted by Crippen LogP contribution is 2.40. The number of unbranched alkanes of at least 4 members (excludes halogenated alkanes) is 2. The van der Waals surface area contributed by atoms with Crippen LogP contribution in [0.1, 0.15) is 42.9 Å². The van der Waals surface area contributed by atoms with E-state index in [0.29, 0.717) is 13.0 Å². The smallest absolute Gasteiger partial charge is 0.227 e. The number of benzene rings is 2. The standard InChI is InChI=1S/C20H24N2O/c21-14-8-2-5-13-20(23)22-18-12-7-6-11-17(18)15-19(22)16-9-3-1-4-10-16/h1,3-4,6-7,9-12,19H,2,5,8,13-15,21H2. The first-order valence-corrected chi connectivity index (χ1v) is 8.46. The Bertz CT molecular complexity index is 654. The van der Waals surface area contributed by atoms with Gasteiger partial charge in [0, 0.05) is 12.1 Å². The summed E-state index contributed by atoms with van der Waals surface area (Å²) in [6.07, 6.45) is 4.42. The number of hydrogen-bond donors (Lipinski definition) is 1. The summed E-state index contributed by atoms with van der Waals surface area (Å²) in [6.45, 7) is 0.702. The van der Waals surface area contributed by atoms with E-state index in [-0.39, 0.29) is 11.9 Å². The van der Waals surface area contributed by atoms with Gasteiger partial charge in [0.05, 0.1) is 6.04 Å². The predicted octanol–water partition coefficient (Wildman–Crippen LogP) is 3.84. The van der Waals surface area contributed by atoms with Crippen molar-refractivity contribution in [2.45, 2.75) is 38.1 Å². The fourth-order valence-corrected chi connectivity index (χ4v) is 3.35. The summed E-state index contributed by atoms with van der Waals surface area (Å²) in [7, 11) is 0. The van der Waals surface area contributed by atoms with Gasteiger partial charge in [-0.25, -0.2) is 0 Å². The molecule has 3 nitrogen and oxygen atoms in total. The summed E-state index contributed by atoms with van der Waals surface area (Å²) >= 11 is 0. The monoisotopic (exact) mass is 308 g/mol. The zero-order chi connectivity index (χ0) is 16.1. The Hall–Kier alpha value is -2.13. The molecular formula is C20H24N2O. The molecule has 1 heterocycles. The van der Waals surface area contributed by atoms with Gasteiger partial charge in [0.2, 0.25) is 5.91 Å². The third-order valence-corrected chi connectivity index (χ3v) is 4.52. The van der Waals surface area contributed by atoms with Crippen LogP contribution in [0.5, 0.6) is 0 Å². The van der Waals surface area contributed by atoms with Gasteiger partial charge in [-0.15, -0.1) is 0 Å². The van der Waals surface area contributed by atoms with Gasteiger partial charge in [0.25, 0.3) is 0 Å². The van der Waals surface area contributed by atoms with Crippen molar-refractivity contribution in [1.82, 2.24) is 0 Å². The Labute approximate surface area is 138 Å². The van der Waals surface area contributed by atoms with Gasteiger partial charge in [-0.1, -0.05) is 55.0 Å². The van der Waals surface area contributed by atoms with E-state index in [9.17, 15) is 4.79 Å². The molecule has 2 aromatic rings. The van der Waals surface area contributed by atoms with E-state index in [2.05, 4.69) is 30.3 Å². The van der Waals surface area contributed by atoms with Crippen molar-refractivity contribution >= 4 is 11.6 Å². The predicted molar refractivity (Wildman–Crippen MR) is 94.3 cm³/mol. The maximum Gasteiger partial charge on any atom is 0.227 e. The molecule has 1 atom stereocenters. The van der Waals surface area contributed by atoms with Crippen LogP contribution in [-0.4, -0.2) is 12.5 Å². The van der Waals surface area contributed by atoms with Gasteiger partial charge in [0.15, 0.2) is 0 Å². The third-order valence-electron chi connectivity index (χ3n) is 4.52. The fraction of sp³-hybridized carbons (Fsp3) is 0.350. The van der Waals surface area contributed by atoms with E-state index in [1.54, 1.807) is 0 Å². The molecule has 2 N–H and O–H groups in total. The molecule has 1 aliphatic heterocycles. The van der Waals surface area contributed by atoms with Crippen LogP contribution < -0.4 is 10.6 Å². The van der Waals surface area contributed by atoms with Gasteiger partial charge in [-0.3, -0.25) is 4.79 Å². The van der Waals surface area contributed by atoms with Crippen LogP contribution in [-0.2, 0) is 11.2 Å². The molecule has 0 saturated heterocycles. The molecule has 0 fully saturated rings. The second-order valence-corrected chi connectivity index (χ2v) is 6.12. The minimum absolute atomic E-state index is 0.121. The SMILES string of the molecule is NCCCCCC(=O)N1c2ccccc2CC1c1ccccc1. The lowest BCUT2D eigenvalue weighted by Gasteiger charge is -2.26. The lowest BCUT2D eigenvalue weighted by molar-refractivity contribution is -0.119. The summed E-state index contributed by atoms with van der Waals surface area (Å²) in [5, 5.41) is 0. The Balaban J connectivity index is 1.81. The number of hydrogen-bond acceptors (Lipinski definition) is 2. The Morgan fingerprint density at radius 3 is 2.52 bits per heavy atom. The first-order chi connectivity index (χ1) is 11.3. The number of carbonyl (C=O) groups is 1. The quantitative estimate of drug-likeness (QED) is 0.824. The number of nitrogens with zero attached hydrogens (tertiary/aromatic N) is 1. The average Bonchev–Trinajstić information content (AvgIpc) is 2.99. The lowest BCUT2D eigenvalue weighted by Crippen LogP contribution is -2.32. The van der Waals surface area contributed by atoms with Crippen LogP contribution in [0.15, 0.2) is 54.6 Å². The Morgan fingerprint density at radius 1 is 1.00 bits per heavy atom. The molecule has 0 spiro atoms. The number of carbonyl (C=O) groups excluding carboxylic acids is 1. The van der Waals surface area contributed by atoms with Crippen LogP contribution in [0.2, 0.25) is 0 Å². The summed E-state index contributed by atoms with van der Waals surface area (Å²) in [4.78, 5) is 14.9. The summed E-state index contributed by atoms with van der Waals surface area (Å²) in [5.41, 5.74) is 9.08. The Morgan fingerprint density at radius 2 is 1.74 bits per heavy atom. The highest BCUT2D eigenvalue weighted by molar-refractivity contribution is 5.96. The highest BCUT2D eigenvalue weighted by atomic mass is 16.2. The van der Waals surface area contributed by atoms with Crippen molar-refractivity contribution in [3.05, 3.63) is 65.7 Å². The minimum atomic E-state index is 0.121. The number of amides is 1. The molecule has 2 aromatic carbocycles. The van der Waals surface area contributed by atoms with E-state index in [1.807, 2.05) is 29.2 Å². The lowest BCUT2D eigenvalue weighted by atomic mass is 10.0. The van der Waals surface area contributed by atoms with Crippen LogP contribution in [0, 0.1) is 0 Å². The van der Waals surface area contributed by atoms with E-state index in [1.165, 1.54) is 11.1 Å².